The Labute approximate surface area is 95.0 Å². The average Bonchev–Trinajstić information content (AvgIpc) is 2.95. The molecule has 2 heterocycles. The zero-order valence-electron chi connectivity index (χ0n) is 8.10. The van der Waals surface area contributed by atoms with Gasteiger partial charge in [0.25, 0.3) is 5.91 Å². The third kappa shape index (κ3) is 2.29. The lowest BCUT2D eigenvalue weighted by Gasteiger charge is -2.03. The Hall–Kier alpha value is -2.08. The fourth-order valence-corrected chi connectivity index (χ4v) is 1.67. The summed E-state index contributed by atoms with van der Waals surface area (Å²) in [5.41, 5.74) is 4.53. The number of hydrogen-bond donors (Lipinski definition) is 2. The van der Waals surface area contributed by atoms with Gasteiger partial charge < -0.3 is 4.42 Å². The van der Waals surface area contributed by atoms with E-state index in [-0.39, 0.29) is 11.7 Å². The number of amides is 2. The number of hydrogen-bond acceptors (Lipinski definition) is 4. The number of rotatable bonds is 2. The highest BCUT2D eigenvalue weighted by atomic mass is 32.1. The van der Waals surface area contributed by atoms with Crippen molar-refractivity contribution >= 4 is 23.2 Å². The van der Waals surface area contributed by atoms with E-state index in [1.54, 1.807) is 23.6 Å². The third-order valence-electron chi connectivity index (χ3n) is 1.78. The highest BCUT2D eigenvalue weighted by Crippen LogP contribution is 2.07. The monoisotopic (exact) mass is 236 g/mol. The average molecular weight is 236 g/mol. The second-order valence-electron chi connectivity index (χ2n) is 2.86. The van der Waals surface area contributed by atoms with Crippen molar-refractivity contribution in [2.75, 3.05) is 0 Å². The van der Waals surface area contributed by atoms with Crippen molar-refractivity contribution in [3.8, 4) is 0 Å². The van der Waals surface area contributed by atoms with Crippen molar-refractivity contribution in [2.24, 2.45) is 0 Å². The predicted octanol–water partition coefficient (Wildman–Crippen LogP) is 1.42. The van der Waals surface area contributed by atoms with E-state index < -0.39 is 5.91 Å². The van der Waals surface area contributed by atoms with Crippen LogP contribution in [-0.2, 0) is 0 Å². The third-order valence-corrected chi connectivity index (χ3v) is 2.65. The van der Waals surface area contributed by atoms with Crippen molar-refractivity contribution in [1.82, 2.24) is 10.9 Å². The fourth-order valence-electron chi connectivity index (χ4n) is 1.05. The van der Waals surface area contributed by atoms with Gasteiger partial charge in [0.2, 0.25) is 0 Å². The Morgan fingerprint density at radius 2 is 1.94 bits per heavy atom. The van der Waals surface area contributed by atoms with Crippen molar-refractivity contribution in [3.63, 3.8) is 0 Å². The lowest BCUT2D eigenvalue weighted by atomic mass is 10.4. The van der Waals surface area contributed by atoms with Crippen LogP contribution in [0.25, 0.3) is 0 Å². The van der Waals surface area contributed by atoms with Crippen LogP contribution in [0.15, 0.2) is 40.3 Å². The Bertz CT molecular complexity index is 430. The molecule has 0 saturated heterocycles. The summed E-state index contributed by atoms with van der Waals surface area (Å²) in [7, 11) is 0. The van der Waals surface area contributed by atoms with Gasteiger partial charge in [0, 0.05) is 0 Å². The molecule has 0 unspecified atom stereocenters. The molecule has 0 saturated carbocycles. The summed E-state index contributed by atoms with van der Waals surface area (Å²) >= 11 is 1.29. The number of nitrogens with one attached hydrogen (secondary N) is 2. The van der Waals surface area contributed by atoms with Gasteiger partial charge in [-0.15, -0.1) is 11.3 Å². The molecule has 0 aliphatic carbocycles. The van der Waals surface area contributed by atoms with E-state index in [1.165, 1.54) is 23.7 Å². The zero-order chi connectivity index (χ0) is 11.4. The summed E-state index contributed by atoms with van der Waals surface area (Å²) in [5, 5.41) is 1.78. The quantitative estimate of drug-likeness (QED) is 0.774. The summed E-state index contributed by atoms with van der Waals surface area (Å²) < 4.78 is 4.86. The molecule has 0 spiro atoms. The van der Waals surface area contributed by atoms with Crippen molar-refractivity contribution in [3.05, 3.63) is 46.5 Å². The molecule has 82 valence electrons. The van der Waals surface area contributed by atoms with Crippen LogP contribution in [-0.4, -0.2) is 11.8 Å². The molecule has 16 heavy (non-hydrogen) atoms. The van der Waals surface area contributed by atoms with Crippen molar-refractivity contribution in [1.29, 1.82) is 0 Å². The van der Waals surface area contributed by atoms with Gasteiger partial charge in [-0.25, -0.2) is 0 Å². The summed E-state index contributed by atoms with van der Waals surface area (Å²) in [6.07, 6.45) is 1.38. The molecule has 2 rings (SSSR count). The Balaban J connectivity index is 1.89. The van der Waals surface area contributed by atoms with Crippen LogP contribution in [0.5, 0.6) is 0 Å². The van der Waals surface area contributed by atoms with E-state index in [2.05, 4.69) is 10.9 Å². The van der Waals surface area contributed by atoms with E-state index >= 15 is 0 Å². The number of hydrazine groups is 1. The minimum absolute atomic E-state index is 0.145. The summed E-state index contributed by atoms with van der Waals surface area (Å²) in [6.45, 7) is 0. The molecule has 0 radical (unpaired) electrons. The maximum Gasteiger partial charge on any atom is 0.305 e. The molecule has 2 aromatic heterocycles. The van der Waals surface area contributed by atoms with E-state index in [9.17, 15) is 9.59 Å². The predicted molar refractivity (Wildman–Crippen MR) is 58.0 cm³/mol. The lowest BCUT2D eigenvalue weighted by Crippen LogP contribution is -2.41. The van der Waals surface area contributed by atoms with Crippen LogP contribution in [0.4, 0.5) is 0 Å². The van der Waals surface area contributed by atoms with Gasteiger partial charge in [-0.2, -0.15) is 0 Å². The summed E-state index contributed by atoms with van der Waals surface area (Å²) in [6, 6.07) is 6.52. The van der Waals surface area contributed by atoms with E-state index in [0.717, 1.165) is 0 Å². The minimum Gasteiger partial charge on any atom is -0.459 e. The first-order valence-electron chi connectivity index (χ1n) is 4.45. The van der Waals surface area contributed by atoms with Gasteiger partial charge in [-0.3, -0.25) is 20.4 Å². The molecule has 2 N–H and O–H groups in total. The molecule has 0 atom stereocenters. The van der Waals surface area contributed by atoms with Crippen LogP contribution >= 0.6 is 11.3 Å². The lowest BCUT2D eigenvalue weighted by molar-refractivity contribution is 0.0833. The van der Waals surface area contributed by atoms with Crippen LogP contribution in [0.2, 0.25) is 0 Å². The second-order valence-corrected chi connectivity index (χ2v) is 3.81. The maximum absolute atomic E-state index is 11.4. The number of carbonyl (C=O) groups is 2. The van der Waals surface area contributed by atoms with Gasteiger partial charge in [-0.1, -0.05) is 6.07 Å². The topological polar surface area (TPSA) is 71.3 Å². The van der Waals surface area contributed by atoms with E-state index in [1.807, 2.05) is 0 Å². The fraction of sp³-hybridized carbons (Fsp3) is 0. The van der Waals surface area contributed by atoms with Gasteiger partial charge >= 0.3 is 5.91 Å². The first kappa shape index (κ1) is 10.4. The van der Waals surface area contributed by atoms with Gasteiger partial charge in [0.15, 0.2) is 5.76 Å². The molecular formula is C10H8N2O3S. The van der Waals surface area contributed by atoms with Crippen LogP contribution in [0, 0.1) is 0 Å². The molecular weight excluding hydrogens is 228 g/mol. The standard InChI is InChI=1S/C10H8N2O3S/c13-9(7-3-1-5-15-7)11-12-10(14)8-4-2-6-16-8/h1-6H,(H,11,13)(H,12,14). The highest BCUT2D eigenvalue weighted by molar-refractivity contribution is 7.12. The second kappa shape index (κ2) is 4.63. The van der Waals surface area contributed by atoms with Gasteiger partial charge in [0.1, 0.15) is 0 Å². The maximum atomic E-state index is 11.4. The minimum atomic E-state index is -0.491. The molecule has 5 nitrogen and oxygen atoms in total. The molecule has 0 aliphatic rings. The molecule has 0 aliphatic heterocycles. The Morgan fingerprint density at radius 1 is 1.12 bits per heavy atom. The largest absolute Gasteiger partial charge is 0.459 e. The van der Waals surface area contributed by atoms with Gasteiger partial charge in [0.05, 0.1) is 11.1 Å². The Kier molecular flexibility index (Phi) is 3.02. The van der Waals surface area contributed by atoms with Crippen LogP contribution in [0.1, 0.15) is 20.2 Å². The number of furan rings is 1. The first-order valence-corrected chi connectivity index (χ1v) is 5.33. The molecule has 0 aromatic carbocycles. The molecule has 2 amide bonds. The van der Waals surface area contributed by atoms with Crippen LogP contribution in [0.3, 0.4) is 0 Å². The Morgan fingerprint density at radius 3 is 2.56 bits per heavy atom. The smallest absolute Gasteiger partial charge is 0.305 e. The first-order chi connectivity index (χ1) is 7.77. The van der Waals surface area contributed by atoms with E-state index in [4.69, 9.17) is 4.42 Å². The van der Waals surface area contributed by atoms with Gasteiger partial charge in [-0.05, 0) is 23.6 Å². The van der Waals surface area contributed by atoms with Crippen molar-refractivity contribution in [2.45, 2.75) is 0 Å². The molecule has 0 bridgehead atoms. The van der Waals surface area contributed by atoms with Crippen molar-refractivity contribution < 1.29 is 14.0 Å². The molecule has 0 fully saturated rings. The normalized spacial score (nSPS) is 9.75. The number of carbonyl (C=O) groups excluding carboxylic acids is 2. The molecule has 6 heteroatoms. The summed E-state index contributed by atoms with van der Waals surface area (Å²) in [5.74, 6) is -0.698. The SMILES string of the molecule is O=C(NNC(=O)c1cccs1)c1ccco1. The number of thiophene rings is 1. The van der Waals surface area contributed by atoms with Crippen LogP contribution < -0.4 is 10.9 Å². The highest BCUT2D eigenvalue weighted by Gasteiger charge is 2.10. The van der Waals surface area contributed by atoms with E-state index in [0.29, 0.717) is 4.88 Å². The zero-order valence-corrected chi connectivity index (χ0v) is 8.91. The summed E-state index contributed by atoms with van der Waals surface area (Å²) in [4.78, 5) is 23.3. The molecule has 2 aromatic rings.